The zero-order valence-electron chi connectivity index (χ0n) is 13.3. The fourth-order valence-electron chi connectivity index (χ4n) is 1.58. The monoisotopic (exact) mass is 762 g/mol. The Labute approximate surface area is 257 Å². The van der Waals surface area contributed by atoms with Crippen LogP contribution in [0.3, 0.4) is 0 Å². The van der Waals surface area contributed by atoms with Crippen LogP contribution in [0.25, 0.3) is 0 Å². The molecule has 0 fully saturated rings. The van der Waals surface area contributed by atoms with Gasteiger partial charge in [0.2, 0.25) is 8.13 Å². The van der Waals surface area contributed by atoms with Crippen molar-refractivity contribution in [2.24, 2.45) is 0 Å². The van der Waals surface area contributed by atoms with Crippen molar-refractivity contribution in [2.45, 2.75) is 47.2 Å². The lowest BCUT2D eigenvalue weighted by molar-refractivity contribution is 0.165. The number of ether oxygens (including phenoxy) is 1. The lowest BCUT2D eigenvalue weighted by Crippen LogP contribution is -2.71. The van der Waals surface area contributed by atoms with Crippen molar-refractivity contribution < 1.29 is 9.53 Å². The molecule has 0 saturated carbocycles. The van der Waals surface area contributed by atoms with Crippen LogP contribution in [0.15, 0.2) is 0 Å². The van der Waals surface area contributed by atoms with Crippen molar-refractivity contribution in [2.75, 3.05) is 0 Å². The summed E-state index contributed by atoms with van der Waals surface area (Å²) >= 11 is 103. The van der Waals surface area contributed by atoms with Gasteiger partial charge in [-0.15, -0.1) is 0 Å². The number of hydrogen-bond acceptors (Lipinski definition) is 2. The predicted octanol–water partition coefficient (Wildman–Crippen LogP) is 10.0. The summed E-state index contributed by atoms with van der Waals surface area (Å²) in [6.07, 6.45) is -1.51. The van der Waals surface area contributed by atoms with Gasteiger partial charge in [0.15, 0.2) is 26.0 Å². The number of halogens is 17. The third-order valence-corrected chi connectivity index (χ3v) is 15.2. The highest BCUT2D eigenvalue weighted by molar-refractivity contribution is 6.83. The van der Waals surface area contributed by atoms with Gasteiger partial charge in [0, 0.05) is 0 Å². The summed E-state index contributed by atoms with van der Waals surface area (Å²) in [6.45, 7) is 2.21. The molecule has 2 nitrogen and oxygen atoms in total. The van der Waals surface area contributed by atoms with Crippen molar-refractivity contribution >= 4 is 204 Å². The van der Waals surface area contributed by atoms with Crippen molar-refractivity contribution in [1.29, 1.82) is 0 Å². The lowest BCUT2D eigenvalue weighted by atomic mass is 10.0. The molecule has 0 aromatic rings. The van der Waals surface area contributed by atoms with E-state index in [1.165, 1.54) is 0 Å². The van der Waals surface area contributed by atoms with E-state index in [0.29, 0.717) is 0 Å². The van der Waals surface area contributed by atoms with Crippen molar-refractivity contribution in [3.05, 3.63) is 0 Å². The van der Waals surface area contributed by atoms with Crippen molar-refractivity contribution in [1.82, 2.24) is 0 Å². The van der Waals surface area contributed by atoms with Gasteiger partial charge in [0.05, 0.1) is 0 Å². The van der Waals surface area contributed by atoms with Crippen LogP contribution in [0.2, 0.25) is 0 Å². The Kier molecular flexibility index (Phi) is 12.2. The highest BCUT2D eigenvalue weighted by atomic mass is 35.6. The molecule has 1 unspecified atom stereocenters. The van der Waals surface area contributed by atoms with E-state index >= 15 is 0 Å². The number of hydrogen-bond donors (Lipinski definition) is 0. The van der Waals surface area contributed by atoms with Gasteiger partial charge < -0.3 is 4.74 Å². The summed E-state index contributed by atoms with van der Waals surface area (Å²) in [5.41, 5.74) is 0. The summed E-state index contributed by atoms with van der Waals surface area (Å²) in [5, 5.41) is 0. The van der Waals surface area contributed by atoms with Gasteiger partial charge in [-0.1, -0.05) is 197 Å². The second-order valence-electron chi connectivity index (χ2n) is 5.41. The van der Waals surface area contributed by atoms with Gasteiger partial charge in [-0.05, 0) is 6.92 Å². The first-order valence-corrected chi connectivity index (χ1v) is 12.9. The fraction of sp³-hybridized carbons (Fsp3) is 0.909. The first-order valence-electron chi connectivity index (χ1n) is 6.47. The summed E-state index contributed by atoms with van der Waals surface area (Å²) in [6, 6.07) is 0. The van der Waals surface area contributed by atoms with Crippen LogP contribution in [-0.4, -0.2) is 46.7 Å². The number of carbonyl (C=O) groups excluding carboxylic acids is 1. The van der Waals surface area contributed by atoms with E-state index < -0.39 is 40.2 Å². The normalized spacial score (nSPS) is 17.0. The zero-order valence-corrected chi connectivity index (χ0v) is 26.2. The predicted molar refractivity (Wildman–Crippen MR) is 138 cm³/mol. The quantitative estimate of drug-likeness (QED) is 0.218. The first kappa shape index (κ1) is 34.4. The maximum atomic E-state index is 10.5. The highest BCUT2D eigenvalue weighted by Gasteiger charge is 2.81. The lowest BCUT2D eigenvalue weighted by Gasteiger charge is -2.54. The minimum Gasteiger partial charge on any atom is -0.451 e. The first-order chi connectivity index (χ1) is 12.7. The Bertz CT molecular complexity index is 634. The van der Waals surface area contributed by atoms with Crippen LogP contribution in [-0.2, 0) is 9.53 Å². The van der Waals surface area contributed by atoms with E-state index in [4.69, 9.17) is 197 Å². The van der Waals surface area contributed by atoms with Crippen LogP contribution in [0, 0.1) is 0 Å². The van der Waals surface area contributed by atoms with E-state index in [0.717, 1.165) is 13.4 Å². The van der Waals surface area contributed by atoms with E-state index in [9.17, 15) is 4.79 Å². The molecule has 1 atom stereocenters. The Balaban J connectivity index is 6.73. The Morgan fingerprint density at radius 3 is 1.07 bits per heavy atom. The van der Waals surface area contributed by atoms with E-state index in [1.54, 1.807) is 0 Å². The van der Waals surface area contributed by atoms with Gasteiger partial charge in [-0.3, -0.25) is 0 Å². The maximum Gasteiger partial charge on any atom is 0.417 e. The van der Waals surface area contributed by atoms with Crippen LogP contribution in [0.1, 0.15) is 6.92 Å². The molecule has 0 bridgehead atoms. The molecule has 0 rings (SSSR count). The zero-order chi connectivity index (χ0) is 25.0. The molecule has 0 aromatic heterocycles. The largest absolute Gasteiger partial charge is 0.451 e. The fourth-order valence-corrected chi connectivity index (χ4v) is 6.79. The second kappa shape index (κ2) is 10.6. The molecule has 0 aliphatic rings. The van der Waals surface area contributed by atoms with E-state index in [2.05, 4.69) is 4.74 Å². The summed E-state index contributed by atoms with van der Waals surface area (Å²) in [5.74, 6) is 0. The highest BCUT2D eigenvalue weighted by Crippen LogP contribution is 2.72. The topological polar surface area (TPSA) is 26.3 Å². The molecule has 179 valence electrons. The van der Waals surface area contributed by atoms with Gasteiger partial charge in [-0.2, -0.15) is 0 Å². The van der Waals surface area contributed by atoms with Gasteiger partial charge in [0.1, 0.15) is 6.10 Å². The molecule has 0 aromatic carbocycles. The summed E-state index contributed by atoms with van der Waals surface area (Å²) < 4.78 is -18.4. The average molecular weight is 771 g/mol. The number of rotatable bonds is 9. The molecule has 0 heterocycles. The molecule has 0 amide bonds. The molecule has 0 spiro atoms. The molecule has 0 aliphatic heterocycles. The minimum absolute atomic E-state index is 1.07. The number of alkyl halides is 17. The standard InChI is InChI=1S/C11H4Cl17O2/c1-3(30-2-29)4(12,13)5(14,15)6(16,17)7(18,19)8(20,21)9(22,23)10(24,25)11(26,27)28/h3H,1H3. The third kappa shape index (κ3) is 5.47. The summed E-state index contributed by atoms with van der Waals surface area (Å²) in [4.78, 5) is 10.5. The summed E-state index contributed by atoms with van der Waals surface area (Å²) in [7, 11) is 0. The SMILES string of the molecule is CC(O[C]=O)C(Cl)(Cl)C(Cl)(Cl)C(Cl)(Cl)C(Cl)(Cl)C(Cl)(Cl)C(Cl)(Cl)C(Cl)(Cl)C(Cl)(Cl)Cl. The van der Waals surface area contributed by atoms with Crippen molar-refractivity contribution in [3.8, 4) is 0 Å². The third-order valence-electron chi connectivity index (χ3n) is 3.48. The Morgan fingerprint density at radius 1 is 0.533 bits per heavy atom. The van der Waals surface area contributed by atoms with Gasteiger partial charge in [0.25, 0.3) is 0 Å². The van der Waals surface area contributed by atoms with Gasteiger partial charge >= 0.3 is 6.47 Å². The average Bonchev–Trinajstić information content (AvgIpc) is 2.52. The smallest absolute Gasteiger partial charge is 0.417 e. The second-order valence-corrected chi connectivity index (χ2v) is 17.0. The molecule has 0 aliphatic carbocycles. The molecular formula is C11H4Cl17O2. The molecular weight excluding hydrogens is 767 g/mol. The Hall–Kier alpha value is 4.40. The van der Waals surface area contributed by atoms with E-state index in [-0.39, 0.29) is 0 Å². The van der Waals surface area contributed by atoms with Gasteiger partial charge in [-0.25, -0.2) is 4.79 Å². The molecule has 0 N–H and O–H groups in total. The van der Waals surface area contributed by atoms with Crippen LogP contribution in [0.5, 0.6) is 0 Å². The molecule has 30 heavy (non-hydrogen) atoms. The molecule has 0 saturated heterocycles. The minimum atomic E-state index is -3.07. The van der Waals surface area contributed by atoms with Crippen LogP contribution < -0.4 is 0 Å². The molecule has 1 radical (unpaired) electrons. The maximum absolute atomic E-state index is 10.5. The molecule has 19 heteroatoms. The van der Waals surface area contributed by atoms with Crippen molar-refractivity contribution in [3.63, 3.8) is 0 Å². The van der Waals surface area contributed by atoms with Crippen LogP contribution >= 0.6 is 197 Å². The van der Waals surface area contributed by atoms with Crippen LogP contribution in [0.4, 0.5) is 0 Å². The Morgan fingerprint density at radius 2 is 0.800 bits per heavy atom. The van der Waals surface area contributed by atoms with E-state index in [1.807, 2.05) is 0 Å².